The second-order valence-electron chi connectivity index (χ2n) is 5.65. The zero-order chi connectivity index (χ0) is 19.1. The van der Waals surface area contributed by atoms with Crippen LogP contribution in [0, 0.1) is 0 Å². The van der Waals surface area contributed by atoms with Crippen LogP contribution in [0.1, 0.15) is 11.1 Å². The number of benzene rings is 3. The Kier molecular flexibility index (Phi) is 6.58. The van der Waals surface area contributed by atoms with Crippen molar-refractivity contribution in [3.63, 3.8) is 0 Å². The first-order valence-electron chi connectivity index (χ1n) is 8.25. The molecule has 0 radical (unpaired) electrons. The lowest BCUT2D eigenvalue weighted by atomic mass is 10.2. The van der Waals surface area contributed by atoms with Crippen LogP contribution in [0.4, 0.5) is 5.69 Å². The predicted molar refractivity (Wildman–Crippen MR) is 111 cm³/mol. The van der Waals surface area contributed by atoms with E-state index in [2.05, 4.69) is 10.5 Å². The van der Waals surface area contributed by atoms with E-state index in [1.54, 1.807) is 19.4 Å². The average molecular weight is 401 g/mol. The molecule has 3 rings (SSSR count). The zero-order valence-corrected chi connectivity index (χ0v) is 16.2. The van der Waals surface area contributed by atoms with Gasteiger partial charge in [-0.15, -0.1) is 0 Å². The molecule has 0 heterocycles. The monoisotopic (exact) mass is 400 g/mol. The third-order valence-corrected chi connectivity index (χ3v) is 4.41. The Balaban J connectivity index is 1.73. The minimum absolute atomic E-state index is 0.290. The molecule has 0 saturated heterocycles. The minimum atomic E-state index is 0.290. The average Bonchev–Trinajstić information content (AvgIpc) is 2.69. The molecular weight excluding hydrogens is 383 g/mol. The van der Waals surface area contributed by atoms with Crippen LogP contribution < -0.4 is 14.9 Å². The van der Waals surface area contributed by atoms with E-state index in [0.717, 1.165) is 16.8 Å². The predicted octanol–water partition coefficient (Wildman–Crippen LogP) is 6.03. The van der Waals surface area contributed by atoms with Crippen molar-refractivity contribution in [1.29, 1.82) is 0 Å². The first-order chi connectivity index (χ1) is 13.2. The number of hydrazone groups is 1. The van der Waals surface area contributed by atoms with Gasteiger partial charge in [0, 0.05) is 10.6 Å². The van der Waals surface area contributed by atoms with Gasteiger partial charge in [-0.2, -0.15) is 5.10 Å². The lowest BCUT2D eigenvalue weighted by Crippen LogP contribution is -2.00. The summed E-state index contributed by atoms with van der Waals surface area (Å²) in [5.74, 6) is 0.989. The summed E-state index contributed by atoms with van der Waals surface area (Å²) >= 11 is 12.6. The first kappa shape index (κ1) is 19.1. The summed E-state index contributed by atoms with van der Waals surface area (Å²) < 4.78 is 11.3. The Morgan fingerprint density at radius 2 is 1.70 bits per heavy atom. The molecule has 6 heteroatoms. The van der Waals surface area contributed by atoms with Crippen molar-refractivity contribution in [2.45, 2.75) is 6.61 Å². The van der Waals surface area contributed by atoms with Crippen LogP contribution in [-0.2, 0) is 6.61 Å². The third kappa shape index (κ3) is 5.16. The third-order valence-electron chi connectivity index (χ3n) is 3.76. The summed E-state index contributed by atoms with van der Waals surface area (Å²) in [5.41, 5.74) is 5.51. The van der Waals surface area contributed by atoms with Crippen molar-refractivity contribution in [3.8, 4) is 11.5 Å². The number of methoxy groups -OCH3 is 1. The van der Waals surface area contributed by atoms with Crippen molar-refractivity contribution in [1.82, 2.24) is 0 Å². The van der Waals surface area contributed by atoms with Gasteiger partial charge in [-0.25, -0.2) is 0 Å². The molecule has 27 heavy (non-hydrogen) atoms. The van der Waals surface area contributed by atoms with Crippen LogP contribution in [0.5, 0.6) is 11.5 Å². The molecule has 0 atom stereocenters. The van der Waals surface area contributed by atoms with E-state index in [1.165, 1.54) is 0 Å². The molecule has 0 amide bonds. The Labute approximate surface area is 168 Å². The number of hydrogen-bond donors (Lipinski definition) is 1. The number of rotatable bonds is 7. The zero-order valence-electron chi connectivity index (χ0n) is 14.7. The standard InChI is InChI=1S/C21H18Cl2N2O2/c1-26-20-12-15(13-24-25-17-8-3-2-4-9-17)11-19(23)21(20)27-14-16-7-5-6-10-18(16)22/h2-13,25H,14H2,1H3. The van der Waals surface area contributed by atoms with E-state index >= 15 is 0 Å². The second-order valence-corrected chi connectivity index (χ2v) is 6.46. The number of anilines is 1. The summed E-state index contributed by atoms with van der Waals surface area (Å²) in [6, 6.07) is 20.7. The highest BCUT2D eigenvalue weighted by Gasteiger charge is 2.12. The molecule has 138 valence electrons. The molecule has 3 aromatic rings. The van der Waals surface area contributed by atoms with Gasteiger partial charge in [0.25, 0.3) is 0 Å². The number of halogens is 2. The summed E-state index contributed by atoms with van der Waals surface area (Å²) in [6.07, 6.45) is 1.67. The molecule has 0 saturated carbocycles. The topological polar surface area (TPSA) is 42.8 Å². The lowest BCUT2D eigenvalue weighted by Gasteiger charge is -2.14. The molecule has 0 spiro atoms. The highest BCUT2D eigenvalue weighted by Crippen LogP contribution is 2.37. The highest BCUT2D eigenvalue weighted by molar-refractivity contribution is 6.32. The van der Waals surface area contributed by atoms with E-state index in [-0.39, 0.29) is 0 Å². The fourth-order valence-electron chi connectivity index (χ4n) is 2.41. The van der Waals surface area contributed by atoms with E-state index < -0.39 is 0 Å². The molecule has 0 bridgehead atoms. The van der Waals surface area contributed by atoms with Crippen LogP contribution in [0.2, 0.25) is 10.0 Å². The molecule has 0 aliphatic carbocycles. The number of ether oxygens (including phenoxy) is 2. The maximum absolute atomic E-state index is 6.40. The van der Waals surface area contributed by atoms with Crippen molar-refractivity contribution < 1.29 is 9.47 Å². The minimum Gasteiger partial charge on any atom is -0.493 e. The van der Waals surface area contributed by atoms with E-state index in [1.807, 2.05) is 60.7 Å². The van der Waals surface area contributed by atoms with Crippen molar-refractivity contribution in [2.75, 3.05) is 12.5 Å². The summed E-state index contributed by atoms with van der Waals surface area (Å²) in [5, 5.41) is 5.29. The molecular formula is C21H18Cl2N2O2. The summed E-state index contributed by atoms with van der Waals surface area (Å²) in [4.78, 5) is 0. The van der Waals surface area contributed by atoms with Gasteiger partial charge in [0.2, 0.25) is 0 Å². The number of nitrogens with one attached hydrogen (secondary N) is 1. The Bertz CT molecular complexity index is 931. The number of para-hydroxylation sites is 1. The fourth-order valence-corrected chi connectivity index (χ4v) is 2.88. The van der Waals surface area contributed by atoms with Gasteiger partial charge in [0.05, 0.1) is 24.0 Å². The van der Waals surface area contributed by atoms with Crippen molar-refractivity contribution in [2.24, 2.45) is 5.10 Å². The van der Waals surface area contributed by atoms with E-state index in [0.29, 0.717) is 28.2 Å². The van der Waals surface area contributed by atoms with Crippen molar-refractivity contribution in [3.05, 3.63) is 87.9 Å². The van der Waals surface area contributed by atoms with E-state index in [9.17, 15) is 0 Å². The summed E-state index contributed by atoms with van der Waals surface area (Å²) in [7, 11) is 1.57. The quantitative estimate of drug-likeness (QED) is 0.389. The van der Waals surface area contributed by atoms with Gasteiger partial charge in [-0.3, -0.25) is 5.43 Å². The van der Waals surface area contributed by atoms with Gasteiger partial charge in [0.1, 0.15) is 6.61 Å². The van der Waals surface area contributed by atoms with Gasteiger partial charge in [-0.05, 0) is 35.9 Å². The molecule has 1 N–H and O–H groups in total. The molecule has 0 aliphatic heterocycles. The van der Waals surface area contributed by atoms with Crippen LogP contribution >= 0.6 is 23.2 Å². The molecule has 3 aromatic carbocycles. The maximum atomic E-state index is 6.40. The Morgan fingerprint density at radius 1 is 0.963 bits per heavy atom. The molecule has 0 aliphatic rings. The molecule has 4 nitrogen and oxygen atoms in total. The van der Waals surface area contributed by atoms with E-state index in [4.69, 9.17) is 32.7 Å². The van der Waals surface area contributed by atoms with Gasteiger partial charge in [0.15, 0.2) is 11.5 Å². The molecule has 0 unspecified atom stereocenters. The van der Waals surface area contributed by atoms with Crippen molar-refractivity contribution >= 4 is 35.1 Å². The SMILES string of the molecule is COc1cc(C=NNc2ccccc2)cc(Cl)c1OCc1ccccc1Cl. The fraction of sp³-hybridized carbons (Fsp3) is 0.0952. The van der Waals surface area contributed by atoms with Crippen LogP contribution in [-0.4, -0.2) is 13.3 Å². The molecule has 0 aromatic heterocycles. The number of hydrogen-bond acceptors (Lipinski definition) is 4. The van der Waals surface area contributed by atoms with Gasteiger partial charge >= 0.3 is 0 Å². The van der Waals surface area contributed by atoms with Gasteiger partial charge < -0.3 is 9.47 Å². The number of nitrogens with zero attached hydrogens (tertiary/aromatic N) is 1. The lowest BCUT2D eigenvalue weighted by molar-refractivity contribution is 0.285. The smallest absolute Gasteiger partial charge is 0.180 e. The van der Waals surface area contributed by atoms with Crippen LogP contribution in [0.3, 0.4) is 0 Å². The first-order valence-corrected chi connectivity index (χ1v) is 9.01. The Morgan fingerprint density at radius 3 is 2.44 bits per heavy atom. The second kappa shape index (κ2) is 9.31. The largest absolute Gasteiger partial charge is 0.493 e. The van der Waals surface area contributed by atoms with Crippen LogP contribution in [0.25, 0.3) is 0 Å². The highest BCUT2D eigenvalue weighted by atomic mass is 35.5. The molecule has 0 fully saturated rings. The Hall–Kier alpha value is -2.69. The maximum Gasteiger partial charge on any atom is 0.180 e. The normalized spacial score (nSPS) is 10.8. The summed E-state index contributed by atoms with van der Waals surface area (Å²) in [6.45, 7) is 0.290. The van der Waals surface area contributed by atoms with Crippen LogP contribution in [0.15, 0.2) is 71.8 Å². The van der Waals surface area contributed by atoms with Gasteiger partial charge in [-0.1, -0.05) is 59.6 Å².